The predicted molar refractivity (Wildman–Crippen MR) is 248 cm³/mol. The predicted octanol–water partition coefficient (Wildman–Crippen LogP) is 0.175. The van der Waals surface area contributed by atoms with E-state index >= 15 is 0 Å². The zero-order chi connectivity index (χ0) is 49.1. The van der Waals surface area contributed by atoms with E-state index in [2.05, 4.69) is 52.8 Å². The molecule has 6 amide bonds. The lowest BCUT2D eigenvalue weighted by Crippen LogP contribution is -2.57. The monoisotopic (exact) mass is 930 g/mol. The number of nitrogens with zero attached hydrogens (tertiary/aromatic N) is 2. The van der Waals surface area contributed by atoms with E-state index in [1.165, 1.54) is 0 Å². The van der Waals surface area contributed by atoms with Gasteiger partial charge in [0.15, 0.2) is 0 Å². The molecule has 0 radical (unpaired) electrons. The minimum absolute atomic E-state index is 0.0118. The lowest BCUT2D eigenvalue weighted by molar-refractivity contribution is -0.129. The SMILES string of the molecule is CCCCNC(=O)COCCOCCOCC(=O)NCCCC[C@H](NC(=O)CCCC(=O)NC(CNC(C)(C)/C(C)=N/O)CNC(C)(C)/C(C)=N/O)C(=O)NCCCC[C@H](NC)C(N)=O. The minimum atomic E-state index is -0.857. The Balaban J connectivity index is 5.05. The number of carbonyl (C=O) groups excluding carboxylic acids is 6. The summed E-state index contributed by atoms with van der Waals surface area (Å²) < 4.78 is 16.0. The molecule has 0 aliphatic rings. The van der Waals surface area contributed by atoms with E-state index in [4.69, 9.17) is 19.9 Å². The average Bonchev–Trinajstić information content (AvgIpc) is 3.26. The summed E-state index contributed by atoms with van der Waals surface area (Å²) in [6.07, 6.45) is 5.22. The summed E-state index contributed by atoms with van der Waals surface area (Å²) in [7, 11) is 1.65. The number of hydrogen-bond donors (Lipinski definition) is 11. The molecule has 22 nitrogen and oxygen atoms in total. The van der Waals surface area contributed by atoms with E-state index in [0.29, 0.717) is 82.7 Å². The van der Waals surface area contributed by atoms with Gasteiger partial charge in [0, 0.05) is 45.6 Å². The zero-order valence-electron chi connectivity index (χ0n) is 40.3. The minimum Gasteiger partial charge on any atom is -0.411 e. The molecule has 0 spiro atoms. The Morgan fingerprint density at radius 1 is 0.600 bits per heavy atom. The Morgan fingerprint density at radius 3 is 1.51 bits per heavy atom. The highest BCUT2D eigenvalue weighted by Crippen LogP contribution is 2.09. The Hall–Kier alpha value is -4.48. The summed E-state index contributed by atoms with van der Waals surface area (Å²) in [5, 5.41) is 48.9. The third-order valence-electron chi connectivity index (χ3n) is 10.7. The Labute approximate surface area is 385 Å². The van der Waals surface area contributed by atoms with Crippen LogP contribution in [0, 0.1) is 0 Å². The normalized spacial score (nSPS) is 13.2. The third-order valence-corrected chi connectivity index (χ3v) is 10.7. The van der Waals surface area contributed by atoms with Crippen molar-refractivity contribution < 1.29 is 53.4 Å². The van der Waals surface area contributed by atoms with Crippen LogP contribution in [-0.4, -0.2) is 166 Å². The molecular weight excluding hydrogens is 847 g/mol. The molecule has 0 aromatic rings. The number of likely N-dealkylation sites (N-methyl/N-ethyl adjacent to an activating group) is 1. The zero-order valence-corrected chi connectivity index (χ0v) is 40.3. The van der Waals surface area contributed by atoms with Crippen LogP contribution < -0.4 is 48.3 Å². The van der Waals surface area contributed by atoms with E-state index in [1.807, 2.05) is 34.6 Å². The fourth-order valence-corrected chi connectivity index (χ4v) is 5.79. The summed E-state index contributed by atoms with van der Waals surface area (Å²) in [6.45, 7) is 15.5. The van der Waals surface area contributed by atoms with E-state index < -0.39 is 41.0 Å². The highest BCUT2D eigenvalue weighted by atomic mass is 16.5. The molecule has 2 atom stereocenters. The first kappa shape index (κ1) is 60.5. The van der Waals surface area contributed by atoms with Crippen molar-refractivity contribution in [2.45, 2.75) is 148 Å². The lowest BCUT2D eigenvalue weighted by Gasteiger charge is -2.32. The molecule has 0 bridgehead atoms. The molecule has 0 saturated heterocycles. The van der Waals surface area contributed by atoms with Crippen LogP contribution in [-0.2, 0) is 43.0 Å². The second-order valence-corrected chi connectivity index (χ2v) is 16.9. The van der Waals surface area contributed by atoms with Crippen molar-refractivity contribution in [2.75, 3.05) is 79.4 Å². The molecule has 22 heteroatoms. The second kappa shape index (κ2) is 35.7. The fourth-order valence-electron chi connectivity index (χ4n) is 5.79. The van der Waals surface area contributed by atoms with Gasteiger partial charge in [-0.1, -0.05) is 23.7 Å². The molecule has 0 fully saturated rings. The Morgan fingerprint density at radius 2 is 1.05 bits per heavy atom. The molecule has 0 saturated carbocycles. The van der Waals surface area contributed by atoms with Crippen molar-refractivity contribution in [2.24, 2.45) is 16.0 Å². The maximum absolute atomic E-state index is 13.3. The van der Waals surface area contributed by atoms with Gasteiger partial charge in [-0.05, 0) is 100.0 Å². The van der Waals surface area contributed by atoms with Gasteiger partial charge in [0.25, 0.3) is 0 Å². The fraction of sp³-hybridized carbons (Fsp3) is 0.814. The summed E-state index contributed by atoms with van der Waals surface area (Å²) in [5.74, 6) is -1.99. The van der Waals surface area contributed by atoms with E-state index in [-0.39, 0.29) is 82.5 Å². The van der Waals surface area contributed by atoms with Crippen molar-refractivity contribution in [3.8, 4) is 0 Å². The third kappa shape index (κ3) is 30.4. The Bertz CT molecular complexity index is 1430. The summed E-state index contributed by atoms with van der Waals surface area (Å²) in [4.78, 5) is 74.9. The number of nitrogens with two attached hydrogens (primary N) is 1. The number of primary amides is 1. The van der Waals surface area contributed by atoms with Gasteiger partial charge in [-0.25, -0.2) is 0 Å². The van der Waals surface area contributed by atoms with Crippen LogP contribution in [0.3, 0.4) is 0 Å². The van der Waals surface area contributed by atoms with Crippen molar-refractivity contribution in [1.82, 2.24) is 42.5 Å². The molecule has 0 aliphatic carbocycles. The molecule has 65 heavy (non-hydrogen) atoms. The standard InChI is InChI=1S/C43H83N11O11/c1-9-10-20-46-38(57)29-64-25-23-63-24-26-65-30-39(58)47-21-13-12-17-35(41(60)48-22-14-11-16-34(45-8)40(44)59)52-37(56)19-15-18-36(55)51-33(27-49-42(4,5)31(2)53-61)28-50-43(6,7)32(3)54-62/h33-35,45,49-50,61-62H,9-30H2,1-8H3,(H2,44,59)(H,46,57)(H,47,58)(H,48,60)(H,51,55)(H,52,56)/b53-31+,54-32+/t34-,35-/m0/s1. The molecular formula is C43H83N11O11. The first-order valence-electron chi connectivity index (χ1n) is 22.8. The van der Waals surface area contributed by atoms with Gasteiger partial charge in [0.1, 0.15) is 19.3 Å². The summed E-state index contributed by atoms with van der Waals surface area (Å²) >= 11 is 0. The molecule has 0 aliphatic heterocycles. The van der Waals surface area contributed by atoms with Gasteiger partial charge in [-0.3, -0.25) is 28.8 Å². The number of nitrogens with one attached hydrogen (secondary N) is 8. The van der Waals surface area contributed by atoms with Crippen LogP contribution >= 0.6 is 0 Å². The molecule has 0 rings (SSSR count). The number of rotatable bonds is 40. The van der Waals surface area contributed by atoms with Crippen LogP contribution in [0.5, 0.6) is 0 Å². The van der Waals surface area contributed by atoms with Crippen LogP contribution in [0.1, 0.15) is 119 Å². The van der Waals surface area contributed by atoms with E-state index in [9.17, 15) is 39.2 Å². The maximum Gasteiger partial charge on any atom is 0.245 e. The molecule has 0 aromatic heterocycles. The van der Waals surface area contributed by atoms with Gasteiger partial charge >= 0.3 is 0 Å². The summed E-state index contributed by atoms with van der Waals surface area (Å²) in [5.41, 5.74) is 4.95. The highest BCUT2D eigenvalue weighted by molar-refractivity contribution is 5.91. The van der Waals surface area contributed by atoms with Crippen LogP contribution in [0.2, 0.25) is 0 Å². The topological polar surface area (TPSA) is 318 Å². The van der Waals surface area contributed by atoms with Gasteiger partial charge < -0.3 is 72.9 Å². The van der Waals surface area contributed by atoms with Crippen molar-refractivity contribution in [1.29, 1.82) is 0 Å². The Kier molecular flexibility index (Phi) is 33.3. The number of oxime groups is 2. The van der Waals surface area contributed by atoms with Crippen LogP contribution in [0.4, 0.5) is 0 Å². The smallest absolute Gasteiger partial charge is 0.245 e. The average molecular weight is 930 g/mol. The maximum atomic E-state index is 13.3. The number of ether oxygens (including phenoxy) is 3. The first-order valence-corrected chi connectivity index (χ1v) is 22.8. The second-order valence-electron chi connectivity index (χ2n) is 16.9. The first-order chi connectivity index (χ1) is 30.8. The number of hydrogen-bond acceptors (Lipinski definition) is 16. The van der Waals surface area contributed by atoms with E-state index in [1.54, 1.807) is 20.9 Å². The number of unbranched alkanes of at least 4 members (excludes halogenated alkanes) is 3. The van der Waals surface area contributed by atoms with Crippen LogP contribution in [0.25, 0.3) is 0 Å². The number of amides is 6. The van der Waals surface area contributed by atoms with Crippen molar-refractivity contribution >= 4 is 46.9 Å². The number of carbonyl (C=O) groups is 6. The summed E-state index contributed by atoms with van der Waals surface area (Å²) in [6, 6.07) is -1.76. The van der Waals surface area contributed by atoms with Crippen molar-refractivity contribution in [3.05, 3.63) is 0 Å². The quantitative estimate of drug-likeness (QED) is 0.0169. The van der Waals surface area contributed by atoms with Gasteiger partial charge in [0.05, 0.1) is 61.0 Å². The highest BCUT2D eigenvalue weighted by Gasteiger charge is 2.27. The van der Waals surface area contributed by atoms with Crippen LogP contribution in [0.15, 0.2) is 10.3 Å². The largest absolute Gasteiger partial charge is 0.411 e. The van der Waals surface area contributed by atoms with Gasteiger partial charge in [-0.2, -0.15) is 0 Å². The van der Waals surface area contributed by atoms with Gasteiger partial charge in [0.2, 0.25) is 35.4 Å². The molecule has 0 unspecified atom stereocenters. The molecule has 0 aromatic carbocycles. The lowest BCUT2D eigenvalue weighted by atomic mass is 9.98. The molecule has 376 valence electrons. The van der Waals surface area contributed by atoms with E-state index in [0.717, 1.165) is 12.8 Å². The van der Waals surface area contributed by atoms with Gasteiger partial charge in [-0.15, -0.1) is 0 Å². The van der Waals surface area contributed by atoms with Crippen molar-refractivity contribution in [3.63, 3.8) is 0 Å². The molecule has 12 N–H and O–H groups in total. The molecule has 0 heterocycles.